The summed E-state index contributed by atoms with van der Waals surface area (Å²) in [4.78, 5) is 31.0. The highest BCUT2D eigenvalue weighted by molar-refractivity contribution is 7.13. The number of hydrogen-bond acceptors (Lipinski definition) is 5. The Morgan fingerprint density at radius 3 is 2.54 bits per heavy atom. The van der Waals surface area contributed by atoms with Crippen LogP contribution in [0.25, 0.3) is 0 Å². The van der Waals surface area contributed by atoms with E-state index in [9.17, 15) is 18.4 Å². The van der Waals surface area contributed by atoms with Gasteiger partial charge in [0, 0.05) is 50.4 Å². The van der Waals surface area contributed by atoms with E-state index in [-0.39, 0.29) is 36.3 Å². The topological polar surface area (TPSA) is 85.8 Å². The number of aromatic nitrogens is 1. The van der Waals surface area contributed by atoms with Crippen molar-refractivity contribution in [2.24, 2.45) is 0 Å². The number of hydrogen-bond donors (Lipinski definition) is 2. The number of carboxylic acid groups (broad SMARTS) is 1. The Hall–Kier alpha value is -1.81. The molecule has 3 heterocycles. The highest BCUT2D eigenvalue weighted by atomic mass is 32.1. The molecule has 0 atom stereocenters. The van der Waals surface area contributed by atoms with Crippen molar-refractivity contribution in [3.05, 3.63) is 11.1 Å². The van der Waals surface area contributed by atoms with Gasteiger partial charge in [-0.3, -0.25) is 15.0 Å². The fourth-order valence-electron chi connectivity index (χ4n) is 3.50. The van der Waals surface area contributed by atoms with Crippen molar-refractivity contribution in [3.63, 3.8) is 0 Å². The molecule has 1 aromatic rings. The monoisotopic (exact) mass is 388 g/mol. The molecule has 2 aliphatic heterocycles. The van der Waals surface area contributed by atoms with Gasteiger partial charge in [0.1, 0.15) is 0 Å². The third-order valence-electron chi connectivity index (χ3n) is 4.96. The molecule has 2 aliphatic rings. The summed E-state index contributed by atoms with van der Waals surface area (Å²) in [6.45, 7) is 2.06. The van der Waals surface area contributed by atoms with E-state index in [2.05, 4.69) is 15.2 Å². The molecule has 2 saturated heterocycles. The summed E-state index contributed by atoms with van der Waals surface area (Å²) in [5, 5.41) is 12.7. The molecule has 1 aromatic heterocycles. The minimum Gasteiger partial charge on any atom is -0.465 e. The normalized spacial score (nSPS) is 21.5. The lowest BCUT2D eigenvalue weighted by molar-refractivity contribution is -0.132. The van der Waals surface area contributed by atoms with Crippen molar-refractivity contribution < 1.29 is 23.5 Å². The molecule has 2 fully saturated rings. The Bertz CT molecular complexity index is 652. The number of amides is 2. The maximum atomic E-state index is 13.3. The van der Waals surface area contributed by atoms with Gasteiger partial charge in [-0.1, -0.05) is 0 Å². The van der Waals surface area contributed by atoms with E-state index < -0.39 is 12.0 Å². The lowest BCUT2D eigenvalue weighted by Crippen LogP contribution is -2.50. The maximum absolute atomic E-state index is 13.3. The van der Waals surface area contributed by atoms with Crippen LogP contribution in [-0.4, -0.2) is 70.0 Å². The van der Waals surface area contributed by atoms with Gasteiger partial charge >= 0.3 is 6.09 Å². The molecule has 7 nitrogen and oxygen atoms in total. The van der Waals surface area contributed by atoms with Crippen LogP contribution in [0.5, 0.6) is 0 Å². The second kappa shape index (κ2) is 7.83. The van der Waals surface area contributed by atoms with E-state index in [0.29, 0.717) is 31.9 Å². The van der Waals surface area contributed by atoms with Gasteiger partial charge in [-0.25, -0.2) is 18.6 Å². The molecule has 144 valence electrons. The van der Waals surface area contributed by atoms with Gasteiger partial charge < -0.3 is 10.0 Å². The third-order valence-corrected chi connectivity index (χ3v) is 5.77. The number of nitrogens with one attached hydrogen (secondary N) is 1. The van der Waals surface area contributed by atoms with Crippen molar-refractivity contribution >= 4 is 28.5 Å². The van der Waals surface area contributed by atoms with Gasteiger partial charge in [0.05, 0.1) is 12.1 Å². The molecular formula is C16H22F2N4O3S. The van der Waals surface area contributed by atoms with Gasteiger partial charge in [0.2, 0.25) is 5.91 Å². The average Bonchev–Trinajstić information content (AvgIpc) is 3.01. The van der Waals surface area contributed by atoms with Crippen LogP contribution in [0.15, 0.2) is 5.38 Å². The highest BCUT2D eigenvalue weighted by Gasteiger charge is 2.37. The van der Waals surface area contributed by atoms with E-state index in [1.807, 2.05) is 0 Å². The van der Waals surface area contributed by atoms with Crippen LogP contribution < -0.4 is 5.32 Å². The van der Waals surface area contributed by atoms with Gasteiger partial charge in [-0.05, 0) is 12.8 Å². The Morgan fingerprint density at radius 2 is 1.92 bits per heavy atom. The van der Waals surface area contributed by atoms with Crippen LogP contribution in [0.3, 0.4) is 0 Å². The summed E-state index contributed by atoms with van der Waals surface area (Å²) >= 11 is 1.14. The van der Waals surface area contributed by atoms with E-state index >= 15 is 0 Å². The summed E-state index contributed by atoms with van der Waals surface area (Å²) in [5.74, 6) is -2.57. The molecule has 0 aromatic carbocycles. The molecule has 2 amide bonds. The van der Waals surface area contributed by atoms with Crippen LogP contribution in [0.1, 0.15) is 31.4 Å². The molecule has 0 aliphatic carbocycles. The van der Waals surface area contributed by atoms with Crippen LogP contribution in [0, 0.1) is 0 Å². The highest BCUT2D eigenvalue weighted by Crippen LogP contribution is 2.30. The predicted molar refractivity (Wildman–Crippen MR) is 92.8 cm³/mol. The van der Waals surface area contributed by atoms with E-state index in [1.165, 1.54) is 0 Å². The second-order valence-corrected chi connectivity index (χ2v) is 7.61. The number of anilines is 1. The molecule has 10 heteroatoms. The molecular weight excluding hydrogens is 366 g/mol. The smallest absolute Gasteiger partial charge is 0.410 e. The van der Waals surface area contributed by atoms with Gasteiger partial charge in [0.25, 0.3) is 5.92 Å². The summed E-state index contributed by atoms with van der Waals surface area (Å²) in [6, 6.07) is 0.265. The van der Waals surface area contributed by atoms with E-state index in [4.69, 9.17) is 5.11 Å². The fourth-order valence-corrected chi connectivity index (χ4v) is 4.20. The first-order valence-corrected chi connectivity index (χ1v) is 9.54. The lowest BCUT2D eigenvalue weighted by Gasteiger charge is -2.41. The minimum absolute atomic E-state index is 0.0409. The van der Waals surface area contributed by atoms with Crippen LogP contribution in [-0.2, 0) is 11.2 Å². The first-order chi connectivity index (χ1) is 12.3. The van der Waals surface area contributed by atoms with Crippen molar-refractivity contribution in [2.45, 2.75) is 44.1 Å². The number of nitrogens with zero attached hydrogens (tertiary/aromatic N) is 3. The number of carbonyl (C=O) groups is 2. The number of thiazole rings is 1. The molecule has 0 unspecified atom stereocenters. The Labute approximate surface area is 154 Å². The zero-order valence-corrected chi connectivity index (χ0v) is 15.1. The number of halogens is 2. The number of rotatable bonds is 4. The van der Waals surface area contributed by atoms with Crippen LogP contribution in [0.4, 0.5) is 18.7 Å². The molecule has 26 heavy (non-hydrogen) atoms. The molecule has 3 rings (SSSR count). The second-order valence-electron chi connectivity index (χ2n) is 6.75. The van der Waals surface area contributed by atoms with Gasteiger partial charge in [-0.2, -0.15) is 0 Å². The molecule has 0 bridgehead atoms. The number of likely N-dealkylation sites (tertiary alicyclic amines) is 2. The molecule has 2 N–H and O–H groups in total. The minimum atomic E-state index is -2.53. The van der Waals surface area contributed by atoms with E-state index in [0.717, 1.165) is 24.2 Å². The molecule has 0 spiro atoms. The average molecular weight is 388 g/mol. The van der Waals surface area contributed by atoms with Crippen molar-refractivity contribution in [3.8, 4) is 0 Å². The first kappa shape index (κ1) is 19.0. The van der Waals surface area contributed by atoms with Gasteiger partial charge in [0.15, 0.2) is 5.13 Å². The molecule has 0 saturated carbocycles. The predicted octanol–water partition coefficient (Wildman–Crippen LogP) is 2.50. The zero-order valence-electron chi connectivity index (χ0n) is 14.3. The number of alkyl halides is 2. The number of piperidine rings is 2. The third kappa shape index (κ3) is 4.88. The summed E-state index contributed by atoms with van der Waals surface area (Å²) < 4.78 is 26.5. The van der Waals surface area contributed by atoms with Crippen molar-refractivity contribution in [1.82, 2.24) is 14.8 Å². The van der Waals surface area contributed by atoms with Crippen molar-refractivity contribution in [1.29, 1.82) is 0 Å². The van der Waals surface area contributed by atoms with Gasteiger partial charge in [-0.15, -0.1) is 11.3 Å². The fraction of sp³-hybridized carbons (Fsp3) is 0.688. The Morgan fingerprint density at radius 1 is 1.27 bits per heavy atom. The Kier molecular flexibility index (Phi) is 5.71. The quantitative estimate of drug-likeness (QED) is 0.828. The first-order valence-electron chi connectivity index (χ1n) is 8.66. The maximum Gasteiger partial charge on any atom is 0.410 e. The largest absolute Gasteiger partial charge is 0.465 e. The zero-order chi connectivity index (χ0) is 18.7. The summed E-state index contributed by atoms with van der Waals surface area (Å²) in [6.07, 6.45) is 0.374. The van der Waals surface area contributed by atoms with Crippen LogP contribution >= 0.6 is 11.3 Å². The lowest BCUT2D eigenvalue weighted by atomic mass is 9.98. The van der Waals surface area contributed by atoms with Crippen molar-refractivity contribution in [2.75, 3.05) is 31.5 Å². The number of carbonyl (C=O) groups excluding carboxylic acids is 1. The molecule has 0 radical (unpaired) electrons. The van der Waals surface area contributed by atoms with Crippen LogP contribution in [0.2, 0.25) is 0 Å². The summed E-state index contributed by atoms with van der Waals surface area (Å²) in [5.41, 5.74) is 0.545. The standard InChI is InChI=1S/C16H22F2N4O3S/c17-16(18)3-7-21(8-4-16)12-1-5-22(6-2-12)13(23)9-11-10-26-14(19-11)20-15(24)25/h10,12H,1-9H2,(H,19,20)(H,24,25). The SMILES string of the molecule is O=C(O)Nc1nc(CC(=O)N2CCC(N3CCC(F)(F)CC3)CC2)cs1. The van der Waals surface area contributed by atoms with E-state index in [1.54, 1.807) is 10.3 Å². The Balaban J connectivity index is 1.45. The summed E-state index contributed by atoms with van der Waals surface area (Å²) in [7, 11) is 0.